The molecular formula is C20H23ClN2O6S2. The van der Waals surface area contributed by atoms with Crippen LogP contribution < -0.4 is 4.74 Å². The maximum atomic E-state index is 12.9. The number of carbonyl (C=O) groups excluding carboxylic acids is 2. The highest BCUT2D eigenvalue weighted by Crippen LogP contribution is 2.26. The van der Waals surface area contributed by atoms with Crippen LogP contribution in [0.25, 0.3) is 0 Å². The first kappa shape index (κ1) is 23.5. The summed E-state index contributed by atoms with van der Waals surface area (Å²) in [6.07, 6.45) is -0.719. The van der Waals surface area contributed by atoms with E-state index in [1.165, 1.54) is 22.9 Å². The smallest absolute Gasteiger partial charge is 0.338 e. The molecule has 2 aromatic rings. The number of rotatable bonds is 6. The molecule has 1 fully saturated rings. The van der Waals surface area contributed by atoms with Crippen LogP contribution >= 0.6 is 22.9 Å². The van der Waals surface area contributed by atoms with Crippen LogP contribution in [-0.2, 0) is 19.6 Å². The molecular weight excluding hydrogens is 464 g/mol. The normalized spacial score (nSPS) is 16.1. The molecule has 0 saturated carbocycles. The number of hydrogen-bond acceptors (Lipinski definition) is 7. The summed E-state index contributed by atoms with van der Waals surface area (Å²) in [7, 11) is -2.51. The van der Waals surface area contributed by atoms with Crippen molar-refractivity contribution < 1.29 is 27.5 Å². The summed E-state index contributed by atoms with van der Waals surface area (Å²) in [6, 6.07) is 6.48. The van der Waals surface area contributed by atoms with Crippen LogP contribution in [0.4, 0.5) is 0 Å². The quantitative estimate of drug-likeness (QED) is 0.583. The van der Waals surface area contributed by atoms with E-state index in [2.05, 4.69) is 4.74 Å². The van der Waals surface area contributed by atoms with Gasteiger partial charge in [0.1, 0.15) is 9.96 Å². The number of sulfonamides is 1. The number of nitrogens with zero attached hydrogens (tertiary/aromatic N) is 2. The fourth-order valence-electron chi connectivity index (χ4n) is 3.20. The molecule has 1 aromatic carbocycles. The molecule has 8 nitrogen and oxygen atoms in total. The summed E-state index contributed by atoms with van der Waals surface area (Å²) in [5, 5.41) is 2.04. The zero-order valence-corrected chi connectivity index (χ0v) is 19.7. The first-order valence-corrected chi connectivity index (χ1v) is 12.2. The van der Waals surface area contributed by atoms with Gasteiger partial charge in [-0.1, -0.05) is 11.6 Å². The van der Waals surface area contributed by atoms with Gasteiger partial charge in [0.2, 0.25) is 0 Å². The summed E-state index contributed by atoms with van der Waals surface area (Å²) in [5.41, 5.74) is 1.02. The number of halogens is 1. The Morgan fingerprint density at radius 1 is 1.16 bits per heavy atom. The van der Waals surface area contributed by atoms with E-state index in [-0.39, 0.29) is 41.9 Å². The molecule has 2 heterocycles. The van der Waals surface area contributed by atoms with Gasteiger partial charge in [0.25, 0.3) is 15.9 Å². The highest BCUT2D eigenvalue weighted by molar-refractivity contribution is 7.91. The van der Waals surface area contributed by atoms with E-state index >= 15 is 0 Å². The van der Waals surface area contributed by atoms with E-state index in [0.29, 0.717) is 10.8 Å². The number of aryl methyl sites for hydroxylation is 1. The Hall–Kier alpha value is -2.14. The van der Waals surface area contributed by atoms with E-state index in [9.17, 15) is 18.0 Å². The highest BCUT2D eigenvalue weighted by atomic mass is 35.5. The molecule has 0 unspecified atom stereocenters. The topological polar surface area (TPSA) is 93.2 Å². The van der Waals surface area contributed by atoms with Crippen LogP contribution in [0, 0.1) is 6.92 Å². The fraction of sp³-hybridized carbons (Fsp3) is 0.400. The van der Waals surface area contributed by atoms with Gasteiger partial charge >= 0.3 is 5.97 Å². The SMILES string of the molecule is COC(=O)c1csc(S(=O)(=O)N2CCN(C(=O)[C@H](C)Oc3ccc(Cl)cc3C)CC2)c1. The van der Waals surface area contributed by atoms with Crippen LogP contribution in [0.1, 0.15) is 22.8 Å². The van der Waals surface area contributed by atoms with Crippen molar-refractivity contribution in [1.82, 2.24) is 9.21 Å². The number of piperazine rings is 1. The molecule has 31 heavy (non-hydrogen) atoms. The second-order valence-corrected chi connectivity index (χ2v) is 10.6. The predicted octanol–water partition coefficient (Wildman–Crippen LogP) is 2.80. The Morgan fingerprint density at radius 2 is 1.84 bits per heavy atom. The lowest BCUT2D eigenvalue weighted by atomic mass is 10.2. The first-order valence-electron chi connectivity index (χ1n) is 9.52. The largest absolute Gasteiger partial charge is 0.481 e. The third-order valence-electron chi connectivity index (χ3n) is 4.93. The van der Waals surface area contributed by atoms with Gasteiger partial charge in [0, 0.05) is 36.6 Å². The minimum atomic E-state index is -3.75. The first-order chi connectivity index (χ1) is 14.6. The number of esters is 1. The summed E-state index contributed by atoms with van der Waals surface area (Å²) >= 11 is 6.92. The van der Waals surface area contributed by atoms with Gasteiger partial charge in [-0.3, -0.25) is 4.79 Å². The molecule has 1 aliphatic heterocycles. The van der Waals surface area contributed by atoms with E-state index in [1.54, 1.807) is 30.0 Å². The van der Waals surface area contributed by atoms with Crippen molar-refractivity contribution in [2.24, 2.45) is 0 Å². The molecule has 168 valence electrons. The van der Waals surface area contributed by atoms with E-state index in [0.717, 1.165) is 16.9 Å². The zero-order valence-electron chi connectivity index (χ0n) is 17.3. The van der Waals surface area contributed by atoms with Crippen LogP contribution in [0.5, 0.6) is 5.75 Å². The van der Waals surface area contributed by atoms with Crippen molar-refractivity contribution in [3.05, 3.63) is 45.8 Å². The van der Waals surface area contributed by atoms with E-state index in [1.807, 2.05) is 6.92 Å². The second-order valence-electron chi connectivity index (χ2n) is 7.05. The lowest BCUT2D eigenvalue weighted by molar-refractivity contribution is -0.139. The fourth-order valence-corrected chi connectivity index (χ4v) is 6.15. The van der Waals surface area contributed by atoms with Crippen LogP contribution in [0.15, 0.2) is 33.9 Å². The second kappa shape index (κ2) is 9.56. The highest BCUT2D eigenvalue weighted by Gasteiger charge is 2.33. The lowest BCUT2D eigenvalue weighted by Gasteiger charge is -2.35. The van der Waals surface area contributed by atoms with Crippen molar-refractivity contribution in [1.29, 1.82) is 0 Å². The van der Waals surface area contributed by atoms with Gasteiger partial charge in [-0.2, -0.15) is 4.31 Å². The molecule has 1 aromatic heterocycles. The van der Waals surface area contributed by atoms with Gasteiger partial charge in [0.15, 0.2) is 6.10 Å². The van der Waals surface area contributed by atoms with E-state index < -0.39 is 22.1 Å². The molecule has 1 amide bonds. The van der Waals surface area contributed by atoms with Crippen molar-refractivity contribution in [3.8, 4) is 5.75 Å². The third kappa shape index (κ3) is 5.20. The Balaban J connectivity index is 1.61. The van der Waals surface area contributed by atoms with Crippen LogP contribution in [0.2, 0.25) is 5.02 Å². The van der Waals surface area contributed by atoms with Crippen molar-refractivity contribution in [2.75, 3.05) is 33.3 Å². The predicted molar refractivity (Wildman–Crippen MR) is 117 cm³/mol. The Morgan fingerprint density at radius 3 is 2.45 bits per heavy atom. The molecule has 11 heteroatoms. The standard InChI is InChI=1S/C20H23ClN2O6S2/c1-13-10-16(21)4-5-17(13)29-14(2)19(24)22-6-8-23(9-7-22)31(26,27)18-11-15(12-30-18)20(25)28-3/h4-5,10-12,14H,6-9H2,1-3H3/t14-/m0/s1. The van der Waals surface area contributed by atoms with Gasteiger partial charge < -0.3 is 14.4 Å². The summed E-state index contributed by atoms with van der Waals surface area (Å²) in [5.74, 6) is -0.223. The number of ether oxygens (including phenoxy) is 2. The van der Waals surface area contributed by atoms with Gasteiger partial charge in [-0.25, -0.2) is 13.2 Å². The number of methoxy groups -OCH3 is 1. The van der Waals surface area contributed by atoms with Gasteiger partial charge in [0.05, 0.1) is 12.7 Å². The number of hydrogen-bond donors (Lipinski definition) is 0. The number of amides is 1. The van der Waals surface area contributed by atoms with Gasteiger partial charge in [-0.05, 0) is 43.7 Å². The van der Waals surface area contributed by atoms with Crippen molar-refractivity contribution in [2.45, 2.75) is 24.2 Å². The van der Waals surface area contributed by atoms with Crippen LogP contribution in [0.3, 0.4) is 0 Å². The average molecular weight is 487 g/mol. The van der Waals surface area contributed by atoms with Crippen LogP contribution in [-0.4, -0.2) is 68.9 Å². The molecule has 0 spiro atoms. The molecule has 0 bridgehead atoms. The average Bonchev–Trinajstić information content (AvgIpc) is 3.26. The molecule has 0 aliphatic carbocycles. The Kier molecular flexibility index (Phi) is 7.25. The summed E-state index contributed by atoms with van der Waals surface area (Å²) in [6.45, 7) is 4.33. The number of benzene rings is 1. The van der Waals surface area contributed by atoms with Crippen molar-refractivity contribution >= 4 is 44.8 Å². The maximum Gasteiger partial charge on any atom is 0.338 e. The van der Waals surface area contributed by atoms with Crippen molar-refractivity contribution in [3.63, 3.8) is 0 Å². The Labute approximate surface area is 190 Å². The van der Waals surface area contributed by atoms with E-state index in [4.69, 9.17) is 16.3 Å². The monoisotopic (exact) mass is 486 g/mol. The molecule has 1 aliphatic rings. The maximum absolute atomic E-state index is 12.9. The molecule has 0 N–H and O–H groups in total. The molecule has 1 atom stereocenters. The lowest BCUT2D eigenvalue weighted by Crippen LogP contribution is -2.53. The number of carbonyl (C=O) groups is 2. The minimum absolute atomic E-state index is 0.0718. The summed E-state index contributed by atoms with van der Waals surface area (Å²) < 4.78 is 37.6. The zero-order chi connectivity index (χ0) is 22.8. The minimum Gasteiger partial charge on any atom is -0.481 e. The molecule has 1 saturated heterocycles. The molecule has 3 rings (SSSR count). The third-order valence-corrected chi connectivity index (χ3v) is 8.48. The number of thiophene rings is 1. The Bertz CT molecular complexity index is 1080. The molecule has 0 radical (unpaired) electrons. The van der Waals surface area contributed by atoms with Gasteiger partial charge in [-0.15, -0.1) is 11.3 Å². The summed E-state index contributed by atoms with van der Waals surface area (Å²) in [4.78, 5) is 26.0.